The topological polar surface area (TPSA) is 86.4 Å². The summed E-state index contributed by atoms with van der Waals surface area (Å²) in [6, 6.07) is 1.49. The molecule has 0 fully saturated rings. The van der Waals surface area contributed by atoms with Crippen LogP contribution in [-0.2, 0) is 0 Å². The summed E-state index contributed by atoms with van der Waals surface area (Å²) in [5, 5.41) is 8.24. The number of hydrogen-bond acceptors (Lipinski definition) is 4. The molecule has 0 aromatic carbocycles. The van der Waals surface area contributed by atoms with Gasteiger partial charge in [0.2, 0.25) is 0 Å². The lowest BCUT2D eigenvalue weighted by Gasteiger charge is -2.13. The van der Waals surface area contributed by atoms with Gasteiger partial charge in [-0.3, -0.25) is 4.79 Å². The van der Waals surface area contributed by atoms with Crippen LogP contribution >= 0.6 is 15.9 Å². The lowest BCUT2D eigenvalue weighted by Crippen LogP contribution is -2.39. The Morgan fingerprint density at radius 3 is 2.55 bits per heavy atom. The van der Waals surface area contributed by atoms with Crippen molar-refractivity contribution < 1.29 is 9.59 Å². The van der Waals surface area contributed by atoms with E-state index in [9.17, 15) is 9.59 Å². The largest absolute Gasteiger partial charge is 0.372 e. The summed E-state index contributed by atoms with van der Waals surface area (Å²) in [6.07, 6.45) is 1.61. The maximum Gasteiger partial charge on any atom is 0.316 e. The first-order valence-electron chi connectivity index (χ1n) is 6.02. The van der Waals surface area contributed by atoms with Crippen LogP contribution in [0, 0.1) is 0 Å². The van der Waals surface area contributed by atoms with Crippen molar-refractivity contribution in [3.8, 4) is 0 Å². The van der Waals surface area contributed by atoms with Gasteiger partial charge in [0.15, 0.2) is 0 Å². The number of carbonyl (C=O) groups excluding carboxylic acids is 2. The monoisotopic (exact) mass is 343 g/mol. The van der Waals surface area contributed by atoms with Gasteiger partial charge >= 0.3 is 6.03 Å². The number of rotatable bonds is 5. The zero-order valence-corrected chi connectivity index (χ0v) is 13.2. The van der Waals surface area contributed by atoms with E-state index in [0.29, 0.717) is 24.5 Å². The van der Waals surface area contributed by atoms with Crippen LogP contribution in [0.3, 0.4) is 0 Å². The van der Waals surface area contributed by atoms with E-state index >= 15 is 0 Å². The van der Waals surface area contributed by atoms with Crippen molar-refractivity contribution >= 4 is 33.7 Å². The third-order valence-corrected chi connectivity index (χ3v) is 2.86. The van der Waals surface area contributed by atoms with Gasteiger partial charge in [-0.1, -0.05) is 0 Å². The van der Waals surface area contributed by atoms with Crippen molar-refractivity contribution in [3.63, 3.8) is 0 Å². The standard InChI is InChI=1S/C12H18BrN5O2/c1-14-10-9(6-8(13)7-17-10)11(19)15-4-5-16-12(20)18(2)3/h6-7H,4-5H2,1-3H3,(H,14,17)(H,15,19)(H,16,20). The highest BCUT2D eigenvalue weighted by atomic mass is 79.9. The molecule has 0 saturated heterocycles. The molecule has 0 unspecified atom stereocenters. The molecule has 0 radical (unpaired) electrons. The normalized spacial score (nSPS) is 9.80. The summed E-state index contributed by atoms with van der Waals surface area (Å²) in [7, 11) is 5.00. The van der Waals surface area contributed by atoms with Gasteiger partial charge in [0, 0.05) is 44.9 Å². The lowest BCUT2D eigenvalue weighted by atomic mass is 10.2. The molecular weight excluding hydrogens is 326 g/mol. The molecule has 3 amide bonds. The molecule has 0 saturated carbocycles. The molecule has 0 spiro atoms. The van der Waals surface area contributed by atoms with E-state index in [1.54, 1.807) is 33.4 Å². The van der Waals surface area contributed by atoms with Crippen LogP contribution in [0.25, 0.3) is 0 Å². The second-order valence-electron chi connectivity index (χ2n) is 4.18. The first-order valence-corrected chi connectivity index (χ1v) is 6.81. The van der Waals surface area contributed by atoms with Crippen molar-refractivity contribution in [1.82, 2.24) is 20.5 Å². The van der Waals surface area contributed by atoms with Gasteiger partial charge in [-0.2, -0.15) is 0 Å². The summed E-state index contributed by atoms with van der Waals surface area (Å²) in [6.45, 7) is 0.702. The zero-order chi connectivity index (χ0) is 15.1. The maximum absolute atomic E-state index is 12.0. The molecule has 3 N–H and O–H groups in total. The van der Waals surface area contributed by atoms with Gasteiger partial charge in [0.25, 0.3) is 5.91 Å². The number of pyridine rings is 1. The summed E-state index contributed by atoms with van der Waals surface area (Å²) in [5.41, 5.74) is 0.445. The van der Waals surface area contributed by atoms with Crippen LogP contribution in [0.2, 0.25) is 0 Å². The summed E-state index contributed by atoms with van der Waals surface area (Å²) in [4.78, 5) is 28.8. The minimum absolute atomic E-state index is 0.195. The van der Waals surface area contributed by atoms with Crippen LogP contribution < -0.4 is 16.0 Å². The predicted molar refractivity (Wildman–Crippen MR) is 80.9 cm³/mol. The number of amides is 3. The minimum atomic E-state index is -0.248. The Morgan fingerprint density at radius 2 is 1.95 bits per heavy atom. The molecule has 0 aliphatic rings. The van der Waals surface area contributed by atoms with Crippen molar-refractivity contribution in [1.29, 1.82) is 0 Å². The van der Waals surface area contributed by atoms with E-state index < -0.39 is 0 Å². The summed E-state index contributed by atoms with van der Waals surface area (Å²) < 4.78 is 0.725. The average Bonchev–Trinajstić information content (AvgIpc) is 2.42. The molecule has 110 valence electrons. The van der Waals surface area contributed by atoms with E-state index in [4.69, 9.17) is 0 Å². The molecule has 20 heavy (non-hydrogen) atoms. The Labute approximate surface area is 126 Å². The lowest BCUT2D eigenvalue weighted by molar-refractivity contribution is 0.0954. The van der Waals surface area contributed by atoms with Crippen molar-refractivity contribution in [2.75, 3.05) is 39.5 Å². The zero-order valence-electron chi connectivity index (χ0n) is 11.7. The SMILES string of the molecule is CNc1ncc(Br)cc1C(=O)NCCNC(=O)N(C)C. The number of halogens is 1. The van der Waals surface area contributed by atoms with Gasteiger partial charge < -0.3 is 20.9 Å². The molecule has 0 bridgehead atoms. The Hall–Kier alpha value is -1.83. The molecule has 1 heterocycles. The third kappa shape index (κ3) is 4.69. The van der Waals surface area contributed by atoms with E-state index in [2.05, 4.69) is 36.9 Å². The smallest absolute Gasteiger partial charge is 0.316 e. The molecule has 0 atom stereocenters. The van der Waals surface area contributed by atoms with Crippen molar-refractivity contribution in [2.45, 2.75) is 0 Å². The van der Waals surface area contributed by atoms with Crippen LogP contribution in [0.15, 0.2) is 16.7 Å². The summed E-state index contributed by atoms with van der Waals surface area (Å²) in [5.74, 6) is 0.255. The van der Waals surface area contributed by atoms with Crippen LogP contribution in [0.1, 0.15) is 10.4 Å². The first kappa shape index (κ1) is 16.2. The number of aromatic nitrogens is 1. The highest BCUT2D eigenvalue weighted by molar-refractivity contribution is 9.10. The molecule has 1 aromatic heterocycles. The second kappa shape index (κ2) is 7.68. The van der Waals surface area contributed by atoms with Crippen LogP contribution in [-0.4, -0.2) is 56.1 Å². The first-order chi connectivity index (χ1) is 9.45. The number of carbonyl (C=O) groups is 2. The average molecular weight is 344 g/mol. The number of nitrogens with one attached hydrogen (secondary N) is 3. The Balaban J connectivity index is 2.51. The van der Waals surface area contributed by atoms with E-state index in [0.717, 1.165) is 4.47 Å². The number of hydrogen-bond donors (Lipinski definition) is 3. The third-order valence-electron chi connectivity index (χ3n) is 2.43. The fourth-order valence-electron chi connectivity index (χ4n) is 1.41. The molecular formula is C12H18BrN5O2. The quantitative estimate of drug-likeness (QED) is 0.693. The number of anilines is 1. The molecule has 7 nitrogen and oxygen atoms in total. The molecule has 0 aliphatic heterocycles. The van der Waals surface area contributed by atoms with E-state index in [1.165, 1.54) is 4.90 Å². The molecule has 1 rings (SSSR count). The van der Waals surface area contributed by atoms with Crippen molar-refractivity contribution in [2.24, 2.45) is 0 Å². The number of nitrogens with zero attached hydrogens (tertiary/aromatic N) is 2. The van der Waals surface area contributed by atoms with Gasteiger partial charge in [0.05, 0.1) is 5.56 Å². The fourth-order valence-corrected chi connectivity index (χ4v) is 1.74. The van der Waals surface area contributed by atoms with E-state index in [-0.39, 0.29) is 11.9 Å². The van der Waals surface area contributed by atoms with Gasteiger partial charge in [-0.15, -0.1) is 0 Å². The minimum Gasteiger partial charge on any atom is -0.372 e. The van der Waals surface area contributed by atoms with Crippen molar-refractivity contribution in [3.05, 3.63) is 22.3 Å². The van der Waals surface area contributed by atoms with Crippen LogP contribution in [0.5, 0.6) is 0 Å². The Morgan fingerprint density at radius 1 is 1.30 bits per heavy atom. The number of urea groups is 1. The van der Waals surface area contributed by atoms with Gasteiger partial charge in [-0.05, 0) is 22.0 Å². The fraction of sp³-hybridized carbons (Fsp3) is 0.417. The van der Waals surface area contributed by atoms with Gasteiger partial charge in [-0.25, -0.2) is 9.78 Å². The van der Waals surface area contributed by atoms with Crippen LogP contribution in [0.4, 0.5) is 10.6 Å². The van der Waals surface area contributed by atoms with Gasteiger partial charge in [0.1, 0.15) is 5.82 Å². The molecule has 1 aromatic rings. The van der Waals surface area contributed by atoms with E-state index in [1.807, 2.05) is 0 Å². The highest BCUT2D eigenvalue weighted by Gasteiger charge is 2.12. The Kier molecular flexibility index (Phi) is 6.23. The molecule has 8 heteroatoms. The molecule has 0 aliphatic carbocycles. The predicted octanol–water partition coefficient (Wildman–Crippen LogP) is 0.887. The maximum atomic E-state index is 12.0. The summed E-state index contributed by atoms with van der Waals surface area (Å²) >= 11 is 3.28. The Bertz CT molecular complexity index is 493. The second-order valence-corrected chi connectivity index (χ2v) is 5.10. The highest BCUT2D eigenvalue weighted by Crippen LogP contribution is 2.17.